The van der Waals surface area contributed by atoms with Gasteiger partial charge in [-0.3, -0.25) is 4.79 Å². The Kier molecular flexibility index (Phi) is 5.36. The fourth-order valence-corrected chi connectivity index (χ4v) is 4.38. The minimum absolute atomic E-state index is 0.0705. The van der Waals surface area contributed by atoms with E-state index in [0.29, 0.717) is 12.5 Å². The zero-order chi connectivity index (χ0) is 17.1. The number of hydrogen-bond donors (Lipinski definition) is 1. The second kappa shape index (κ2) is 7.49. The van der Waals surface area contributed by atoms with Crippen LogP contribution in [0.3, 0.4) is 0 Å². The Morgan fingerprint density at radius 1 is 1.29 bits per heavy atom. The van der Waals surface area contributed by atoms with Gasteiger partial charge in [0, 0.05) is 17.3 Å². The van der Waals surface area contributed by atoms with Crippen LogP contribution < -0.4 is 5.32 Å². The van der Waals surface area contributed by atoms with Crippen LogP contribution in [0.4, 0.5) is 0 Å². The molecule has 0 saturated heterocycles. The van der Waals surface area contributed by atoms with E-state index in [9.17, 15) is 4.79 Å². The Hall–Kier alpha value is -1.65. The summed E-state index contributed by atoms with van der Waals surface area (Å²) in [6.45, 7) is 8.88. The third kappa shape index (κ3) is 3.55. The van der Waals surface area contributed by atoms with Crippen LogP contribution in [0.15, 0.2) is 35.7 Å². The van der Waals surface area contributed by atoms with Crippen LogP contribution in [-0.4, -0.2) is 30.4 Å². The molecule has 1 atom stereocenters. The van der Waals surface area contributed by atoms with Crippen LogP contribution in [0.5, 0.6) is 0 Å². The van der Waals surface area contributed by atoms with E-state index in [0.717, 1.165) is 19.5 Å². The first-order valence-electron chi connectivity index (χ1n) is 8.81. The Morgan fingerprint density at radius 2 is 2.08 bits per heavy atom. The molecule has 128 valence electrons. The van der Waals surface area contributed by atoms with Crippen molar-refractivity contribution in [1.82, 2.24) is 4.90 Å². The van der Waals surface area contributed by atoms with Crippen molar-refractivity contribution in [3.05, 3.63) is 57.3 Å². The minimum atomic E-state index is 0.0705. The molecule has 1 aliphatic rings. The molecular formula is C20H27N2OS+. The maximum Gasteiger partial charge on any atom is 0.278 e. The summed E-state index contributed by atoms with van der Waals surface area (Å²) >= 11 is 1.82. The van der Waals surface area contributed by atoms with Gasteiger partial charge < -0.3 is 10.2 Å². The smallest absolute Gasteiger partial charge is 0.278 e. The van der Waals surface area contributed by atoms with Gasteiger partial charge in [0.2, 0.25) is 0 Å². The molecule has 0 aliphatic carbocycles. The lowest BCUT2D eigenvalue weighted by atomic mass is 9.90. The van der Waals surface area contributed by atoms with Gasteiger partial charge in [-0.05, 0) is 41.5 Å². The third-order valence-corrected chi connectivity index (χ3v) is 5.72. The summed E-state index contributed by atoms with van der Waals surface area (Å²) in [5.41, 5.74) is 3.83. The van der Waals surface area contributed by atoms with E-state index >= 15 is 0 Å². The van der Waals surface area contributed by atoms with Crippen molar-refractivity contribution >= 4 is 17.2 Å². The van der Waals surface area contributed by atoms with E-state index in [1.165, 1.54) is 21.6 Å². The summed E-state index contributed by atoms with van der Waals surface area (Å²) < 4.78 is 0. The predicted octanol–water partition coefficient (Wildman–Crippen LogP) is 2.75. The lowest BCUT2D eigenvalue weighted by Gasteiger charge is -2.36. The normalized spacial score (nSPS) is 17.2. The van der Waals surface area contributed by atoms with Crippen LogP contribution in [0.25, 0.3) is 0 Å². The van der Waals surface area contributed by atoms with Gasteiger partial charge in [-0.15, -0.1) is 11.3 Å². The maximum absolute atomic E-state index is 12.9. The monoisotopic (exact) mass is 343 g/mol. The Balaban J connectivity index is 1.88. The lowest BCUT2D eigenvalue weighted by Crippen LogP contribution is -2.87. The van der Waals surface area contributed by atoms with E-state index in [1.807, 2.05) is 11.3 Å². The second-order valence-corrected chi connectivity index (χ2v) is 8.02. The largest absolute Gasteiger partial charge is 0.338 e. The number of thiophene rings is 1. The van der Waals surface area contributed by atoms with E-state index in [4.69, 9.17) is 0 Å². The van der Waals surface area contributed by atoms with Gasteiger partial charge in [0.1, 0.15) is 0 Å². The highest BCUT2D eigenvalue weighted by molar-refractivity contribution is 7.10. The van der Waals surface area contributed by atoms with Crippen molar-refractivity contribution in [1.29, 1.82) is 0 Å². The Bertz CT molecular complexity index is 707. The van der Waals surface area contributed by atoms with Gasteiger partial charge in [0.05, 0.1) is 12.6 Å². The molecule has 1 aliphatic heterocycles. The van der Waals surface area contributed by atoms with Crippen molar-refractivity contribution < 1.29 is 10.1 Å². The summed E-state index contributed by atoms with van der Waals surface area (Å²) in [5.74, 6) is 0.857. The van der Waals surface area contributed by atoms with Crippen molar-refractivity contribution in [3.8, 4) is 0 Å². The number of hydrogen-bond acceptors (Lipinski definition) is 2. The van der Waals surface area contributed by atoms with Crippen molar-refractivity contribution in [2.75, 3.05) is 19.6 Å². The van der Waals surface area contributed by atoms with Crippen molar-refractivity contribution in [3.63, 3.8) is 0 Å². The summed E-state index contributed by atoms with van der Waals surface area (Å²) in [5, 5.41) is 4.31. The highest BCUT2D eigenvalue weighted by Gasteiger charge is 2.33. The van der Waals surface area contributed by atoms with Gasteiger partial charge in [0.25, 0.3) is 5.91 Å². The molecule has 3 nitrogen and oxygen atoms in total. The molecule has 2 aromatic rings. The molecule has 2 N–H and O–H groups in total. The first-order chi connectivity index (χ1) is 11.6. The van der Waals surface area contributed by atoms with E-state index < -0.39 is 0 Å². The van der Waals surface area contributed by atoms with Crippen molar-refractivity contribution in [2.24, 2.45) is 5.92 Å². The average molecular weight is 344 g/mol. The second-order valence-electron chi connectivity index (χ2n) is 7.02. The summed E-state index contributed by atoms with van der Waals surface area (Å²) in [7, 11) is 0. The molecule has 1 amide bonds. The first kappa shape index (κ1) is 17.2. The average Bonchev–Trinajstić information content (AvgIpc) is 3.02. The van der Waals surface area contributed by atoms with Crippen LogP contribution in [0.2, 0.25) is 0 Å². The third-order valence-electron chi connectivity index (χ3n) is 4.73. The van der Waals surface area contributed by atoms with Gasteiger partial charge in [0.15, 0.2) is 6.54 Å². The number of benzene rings is 1. The molecular weight excluding hydrogens is 316 g/mol. The molecule has 1 aromatic heterocycles. The van der Waals surface area contributed by atoms with Crippen LogP contribution >= 0.6 is 11.3 Å². The number of amides is 1. The minimum Gasteiger partial charge on any atom is -0.338 e. The number of aryl methyl sites for hydroxylation is 1. The van der Waals surface area contributed by atoms with Gasteiger partial charge in [-0.2, -0.15) is 0 Å². The van der Waals surface area contributed by atoms with E-state index in [1.54, 1.807) is 0 Å². The molecule has 2 heterocycles. The zero-order valence-electron chi connectivity index (χ0n) is 14.8. The molecule has 0 radical (unpaired) electrons. The number of fused-ring (bicyclic) bond motifs is 1. The highest BCUT2D eigenvalue weighted by Crippen LogP contribution is 2.38. The number of nitrogens with two attached hydrogens (primary N) is 1. The molecule has 0 spiro atoms. The standard InChI is InChI=1S/C20H26N2OS/c1-14(2)12-21-13-19(23)22-10-8-18-17(9-11-24-18)20(22)16-7-5-4-6-15(16)3/h4-7,9,11,14,20-21H,8,10,12-13H2,1-3H3/p+1/t20-/m0/s1. The molecule has 0 saturated carbocycles. The molecule has 0 fully saturated rings. The molecule has 0 unspecified atom stereocenters. The van der Waals surface area contributed by atoms with Gasteiger partial charge in [-0.1, -0.05) is 38.1 Å². The molecule has 3 rings (SSSR count). The van der Waals surface area contributed by atoms with E-state index in [-0.39, 0.29) is 11.9 Å². The predicted molar refractivity (Wildman–Crippen MR) is 99.3 cm³/mol. The zero-order valence-corrected chi connectivity index (χ0v) is 15.6. The number of nitrogens with zero attached hydrogens (tertiary/aromatic N) is 1. The number of rotatable bonds is 5. The molecule has 24 heavy (non-hydrogen) atoms. The summed E-state index contributed by atoms with van der Waals surface area (Å²) in [4.78, 5) is 16.4. The van der Waals surface area contributed by atoms with Gasteiger partial charge >= 0.3 is 0 Å². The van der Waals surface area contributed by atoms with Crippen LogP contribution in [0.1, 0.15) is 41.5 Å². The quantitative estimate of drug-likeness (QED) is 0.890. The van der Waals surface area contributed by atoms with Crippen molar-refractivity contribution in [2.45, 2.75) is 33.2 Å². The SMILES string of the molecule is Cc1ccccc1[C@H]1c2ccsc2CCN1C(=O)C[NH2+]CC(C)C. The summed E-state index contributed by atoms with van der Waals surface area (Å²) in [6.07, 6.45) is 0.977. The Labute approximate surface area is 148 Å². The number of carbonyl (C=O) groups is 1. The van der Waals surface area contributed by atoms with Crippen LogP contribution in [-0.2, 0) is 11.2 Å². The molecule has 1 aromatic carbocycles. The number of carbonyl (C=O) groups excluding carboxylic acids is 1. The summed E-state index contributed by atoms with van der Waals surface area (Å²) in [6, 6.07) is 10.7. The lowest BCUT2D eigenvalue weighted by molar-refractivity contribution is -0.649. The fourth-order valence-electron chi connectivity index (χ4n) is 3.47. The topological polar surface area (TPSA) is 36.9 Å². The van der Waals surface area contributed by atoms with Crippen LogP contribution in [0, 0.1) is 12.8 Å². The Morgan fingerprint density at radius 3 is 2.83 bits per heavy atom. The maximum atomic E-state index is 12.9. The van der Waals surface area contributed by atoms with E-state index in [2.05, 4.69) is 66.7 Å². The highest BCUT2D eigenvalue weighted by atomic mass is 32.1. The molecule has 4 heteroatoms. The number of quaternary nitrogens is 1. The first-order valence-corrected chi connectivity index (χ1v) is 9.68. The molecule has 0 bridgehead atoms. The fraction of sp³-hybridized carbons (Fsp3) is 0.450. The van der Waals surface area contributed by atoms with Gasteiger partial charge in [-0.25, -0.2) is 0 Å².